The highest BCUT2D eigenvalue weighted by atomic mass is 79.9. The molecule has 10 heteroatoms. The molecule has 0 saturated heterocycles. The van der Waals surface area contributed by atoms with Crippen LogP contribution in [0.25, 0.3) is 23.1 Å². The lowest BCUT2D eigenvalue weighted by Crippen LogP contribution is -2.38. The number of nitro benzene ring substituents is 1. The number of nitro groups is 1. The molecule has 1 atom stereocenters. The summed E-state index contributed by atoms with van der Waals surface area (Å²) in [5.74, 6) is 0.627. The van der Waals surface area contributed by atoms with Crippen LogP contribution in [0.5, 0.6) is 0 Å². The van der Waals surface area contributed by atoms with Crippen LogP contribution < -0.4 is 14.9 Å². The van der Waals surface area contributed by atoms with Gasteiger partial charge in [0.2, 0.25) is 0 Å². The second-order valence-electron chi connectivity index (χ2n) is 9.79. The van der Waals surface area contributed by atoms with Crippen molar-refractivity contribution < 1.29 is 13.7 Å². The summed E-state index contributed by atoms with van der Waals surface area (Å²) in [5.41, 5.74) is 5.42. The molecular formula is C31H19BrFN3O4S. The zero-order valence-electron chi connectivity index (χ0n) is 21.2. The summed E-state index contributed by atoms with van der Waals surface area (Å²) in [6.45, 7) is 0. The first-order chi connectivity index (χ1) is 19.9. The topological polar surface area (TPSA) is 90.6 Å². The lowest BCUT2D eigenvalue weighted by molar-refractivity contribution is -0.384. The van der Waals surface area contributed by atoms with E-state index in [1.807, 2.05) is 12.1 Å². The maximum atomic E-state index is 13.9. The molecule has 1 unspecified atom stereocenters. The number of thiazole rings is 1. The molecule has 0 radical (unpaired) electrons. The van der Waals surface area contributed by atoms with Crippen molar-refractivity contribution in [2.45, 2.75) is 18.9 Å². The van der Waals surface area contributed by atoms with Gasteiger partial charge in [-0.1, -0.05) is 47.7 Å². The van der Waals surface area contributed by atoms with E-state index in [1.165, 1.54) is 41.2 Å². The van der Waals surface area contributed by atoms with Gasteiger partial charge in [-0.05, 0) is 75.8 Å². The van der Waals surface area contributed by atoms with E-state index in [0.29, 0.717) is 30.9 Å². The fourth-order valence-electron chi connectivity index (χ4n) is 5.49. The van der Waals surface area contributed by atoms with Crippen LogP contribution in [0.3, 0.4) is 0 Å². The molecule has 1 aliphatic carbocycles. The summed E-state index contributed by atoms with van der Waals surface area (Å²) in [7, 11) is 0. The number of aryl methyl sites for hydroxylation is 1. The Bertz CT molecular complexity index is 2090. The number of non-ortho nitro benzene ring substituents is 1. The second kappa shape index (κ2) is 9.90. The van der Waals surface area contributed by atoms with Crippen LogP contribution in [0.15, 0.2) is 103 Å². The van der Waals surface area contributed by atoms with Crippen LogP contribution in [0.1, 0.15) is 34.9 Å². The molecule has 202 valence electrons. The highest BCUT2D eigenvalue weighted by Gasteiger charge is 2.32. The van der Waals surface area contributed by atoms with E-state index in [0.717, 1.165) is 35.2 Å². The first kappa shape index (κ1) is 25.6. The molecule has 0 N–H and O–H groups in total. The molecule has 41 heavy (non-hydrogen) atoms. The van der Waals surface area contributed by atoms with Gasteiger partial charge in [-0.15, -0.1) is 0 Å². The van der Waals surface area contributed by atoms with E-state index in [9.17, 15) is 19.3 Å². The molecule has 7 rings (SSSR count). The van der Waals surface area contributed by atoms with E-state index >= 15 is 0 Å². The number of fused-ring (bicyclic) bond motifs is 3. The van der Waals surface area contributed by atoms with Crippen molar-refractivity contribution in [1.82, 2.24) is 4.57 Å². The van der Waals surface area contributed by atoms with E-state index in [2.05, 4.69) is 28.1 Å². The summed E-state index contributed by atoms with van der Waals surface area (Å²) in [4.78, 5) is 30.1. The normalized spacial score (nSPS) is 16.1. The standard InChI is InChI=1S/C31H19BrFN3O4S/c32-25-15-20(36(38)39)10-13-23(25)26-14-11-21(40-26)16-27-30(37)35-29(18-5-8-19(33)9-6-18)24-12-7-17-3-1-2-4-22(17)28(24)34-31(35)41-27/h1-6,8-11,13-16,29H,7,12H2. The van der Waals surface area contributed by atoms with E-state index in [4.69, 9.17) is 9.41 Å². The molecule has 3 aromatic carbocycles. The summed E-state index contributed by atoms with van der Waals surface area (Å²) in [6.07, 6.45) is 3.26. The van der Waals surface area contributed by atoms with Gasteiger partial charge in [0.05, 0.1) is 21.2 Å². The Morgan fingerprint density at radius 1 is 1.05 bits per heavy atom. The Labute approximate surface area is 244 Å². The minimum absolute atomic E-state index is 0.0328. The van der Waals surface area contributed by atoms with Gasteiger partial charge in [0.25, 0.3) is 11.2 Å². The molecule has 0 bridgehead atoms. The zero-order valence-corrected chi connectivity index (χ0v) is 23.6. The molecule has 3 heterocycles. The number of allylic oxidation sites excluding steroid dienone is 1. The van der Waals surface area contributed by atoms with Crippen LogP contribution in [0.2, 0.25) is 0 Å². The number of hydrogen-bond donors (Lipinski definition) is 0. The van der Waals surface area contributed by atoms with Crippen LogP contribution in [0.4, 0.5) is 10.1 Å². The van der Waals surface area contributed by atoms with Crippen LogP contribution in [0, 0.1) is 15.9 Å². The number of furan rings is 1. The van der Waals surface area contributed by atoms with Crippen molar-refractivity contribution in [2.75, 3.05) is 0 Å². The monoisotopic (exact) mass is 627 g/mol. The Hall–Kier alpha value is -4.41. The second-order valence-corrected chi connectivity index (χ2v) is 11.7. The van der Waals surface area contributed by atoms with Gasteiger partial charge in [0.1, 0.15) is 17.3 Å². The number of nitrogens with zero attached hydrogens (tertiary/aromatic N) is 3. The molecule has 0 spiro atoms. The van der Waals surface area contributed by atoms with Crippen LogP contribution >= 0.6 is 27.3 Å². The molecule has 2 aliphatic rings. The van der Waals surface area contributed by atoms with Gasteiger partial charge in [-0.2, -0.15) is 0 Å². The van der Waals surface area contributed by atoms with E-state index in [-0.39, 0.29) is 17.1 Å². The van der Waals surface area contributed by atoms with Gasteiger partial charge in [0, 0.05) is 33.8 Å². The maximum absolute atomic E-state index is 13.9. The third-order valence-corrected chi connectivity index (χ3v) is 9.03. The van der Waals surface area contributed by atoms with Gasteiger partial charge < -0.3 is 4.42 Å². The summed E-state index contributed by atoms with van der Waals surface area (Å²) in [5, 5.41) is 11.1. The first-order valence-corrected chi connectivity index (χ1v) is 14.4. The fraction of sp³-hybridized carbons (Fsp3) is 0.0968. The molecular weight excluding hydrogens is 609 g/mol. The average Bonchev–Trinajstić information content (AvgIpc) is 3.56. The van der Waals surface area contributed by atoms with Gasteiger partial charge in [-0.3, -0.25) is 19.5 Å². The molecule has 2 aromatic heterocycles. The van der Waals surface area contributed by atoms with E-state index < -0.39 is 11.0 Å². The first-order valence-electron chi connectivity index (χ1n) is 12.8. The number of rotatable bonds is 4. The highest BCUT2D eigenvalue weighted by Crippen LogP contribution is 2.41. The summed E-state index contributed by atoms with van der Waals surface area (Å²) >= 11 is 4.66. The maximum Gasteiger partial charge on any atom is 0.271 e. The molecule has 1 aliphatic heterocycles. The van der Waals surface area contributed by atoms with Crippen molar-refractivity contribution in [1.29, 1.82) is 0 Å². The Balaban J connectivity index is 1.36. The summed E-state index contributed by atoms with van der Waals surface area (Å²) < 4.78 is 22.6. The molecule has 5 aromatic rings. The lowest BCUT2D eigenvalue weighted by Gasteiger charge is -2.30. The van der Waals surface area contributed by atoms with Crippen molar-refractivity contribution in [3.63, 3.8) is 0 Å². The number of hydrogen-bond acceptors (Lipinski definition) is 6. The minimum atomic E-state index is -0.461. The van der Waals surface area contributed by atoms with Crippen LogP contribution in [-0.4, -0.2) is 9.49 Å². The van der Waals surface area contributed by atoms with Crippen molar-refractivity contribution >= 4 is 44.7 Å². The van der Waals surface area contributed by atoms with Crippen molar-refractivity contribution in [2.24, 2.45) is 4.99 Å². The Kier molecular flexibility index (Phi) is 6.17. The average molecular weight is 628 g/mol. The van der Waals surface area contributed by atoms with Crippen LogP contribution in [-0.2, 0) is 6.42 Å². The third-order valence-electron chi connectivity index (χ3n) is 7.39. The number of benzene rings is 3. The van der Waals surface area contributed by atoms with Gasteiger partial charge >= 0.3 is 0 Å². The molecule has 0 saturated carbocycles. The Morgan fingerprint density at radius 2 is 1.85 bits per heavy atom. The number of aromatic nitrogens is 1. The third kappa shape index (κ3) is 4.39. The van der Waals surface area contributed by atoms with Gasteiger partial charge in [0.15, 0.2) is 4.80 Å². The fourth-order valence-corrected chi connectivity index (χ4v) is 7.03. The minimum Gasteiger partial charge on any atom is -0.457 e. The predicted octanol–water partition coefficient (Wildman–Crippen LogP) is 6.39. The summed E-state index contributed by atoms with van der Waals surface area (Å²) in [6, 6.07) is 22.0. The van der Waals surface area contributed by atoms with Gasteiger partial charge in [-0.25, -0.2) is 9.38 Å². The van der Waals surface area contributed by atoms with Crippen molar-refractivity contribution in [3.8, 4) is 11.3 Å². The SMILES string of the molecule is O=c1c(=Cc2ccc(-c3ccc([N+](=O)[O-])cc3Br)o2)sc2n1C(c1ccc(F)cc1)C1=C(N=2)c2ccccc2CC1. The molecule has 0 fully saturated rings. The highest BCUT2D eigenvalue weighted by molar-refractivity contribution is 9.10. The number of halogens is 2. The molecule has 0 amide bonds. The quantitative estimate of drug-likeness (QED) is 0.171. The predicted molar refractivity (Wildman–Crippen MR) is 158 cm³/mol. The van der Waals surface area contributed by atoms with E-state index in [1.54, 1.807) is 41.0 Å². The molecule has 7 nitrogen and oxygen atoms in total. The van der Waals surface area contributed by atoms with Crippen molar-refractivity contribution in [3.05, 3.63) is 147 Å². The largest absolute Gasteiger partial charge is 0.457 e. The lowest BCUT2D eigenvalue weighted by atomic mass is 9.83. The zero-order chi connectivity index (χ0) is 28.2. The Morgan fingerprint density at radius 3 is 2.63 bits per heavy atom. The smallest absolute Gasteiger partial charge is 0.271 e.